The molecule has 0 unspecified atom stereocenters. The average Bonchev–Trinajstić information content (AvgIpc) is 0.722. The van der Waals surface area contributed by atoms with Gasteiger partial charge in [0.2, 0.25) is 0 Å². The molecule has 0 heterocycles. The molecule has 0 aromatic carbocycles. The van der Waals surface area contributed by atoms with Crippen LogP contribution in [0.3, 0.4) is 0 Å². The molecule has 6 nitrogen and oxygen atoms in total. The predicted octanol–water partition coefficient (Wildman–Crippen LogP) is -1.87. The van der Waals surface area contributed by atoms with E-state index in [1.165, 1.54) is 0 Å². The van der Waals surface area contributed by atoms with Crippen LogP contribution in [-0.4, -0.2) is 0 Å². The van der Waals surface area contributed by atoms with E-state index in [9.17, 15) is 0 Å². The molecule has 0 aromatic heterocycles. The van der Waals surface area contributed by atoms with Crippen molar-refractivity contribution in [3.63, 3.8) is 0 Å². The van der Waals surface area contributed by atoms with Gasteiger partial charge in [-0.1, -0.05) is 0 Å². The zero-order chi connectivity index (χ0) is 4.50. The standard InChI is InChI=1S/2H3N.4O.Re/h2*1H3;;;;;/q;;;;2*-1;/p+2. The maximum absolute atomic E-state index is 8.64. The zero-order valence-corrected chi connectivity index (χ0v) is 6.73. The second-order valence-electron chi connectivity index (χ2n) is 0.378. The van der Waals surface area contributed by atoms with Crippen LogP contribution in [0.1, 0.15) is 0 Å². The van der Waals surface area contributed by atoms with Crippen molar-refractivity contribution >= 4 is 0 Å². The molecule has 0 aromatic rings. The Morgan fingerprint density at radius 3 is 1.00 bits per heavy atom. The van der Waals surface area contributed by atoms with E-state index in [0.717, 1.165) is 0 Å². The molecule has 0 atom stereocenters. The summed E-state index contributed by atoms with van der Waals surface area (Å²) < 4.78 is 34.6. The summed E-state index contributed by atoms with van der Waals surface area (Å²) in [7, 11) is 0. The first kappa shape index (κ1) is 15.7. The molecule has 0 radical (unpaired) electrons. The van der Waals surface area contributed by atoms with Gasteiger partial charge in [-0.15, -0.1) is 0 Å². The predicted molar refractivity (Wildman–Crippen MR) is 13.3 cm³/mol. The van der Waals surface area contributed by atoms with Crippen LogP contribution in [0.2, 0.25) is 0 Å². The van der Waals surface area contributed by atoms with Gasteiger partial charge in [-0.2, -0.15) is 0 Å². The van der Waals surface area contributed by atoms with Gasteiger partial charge in [0.25, 0.3) is 0 Å². The Bertz CT molecular complexity index is 92.9. The summed E-state index contributed by atoms with van der Waals surface area (Å²) in [6.07, 6.45) is 0. The second-order valence-corrected chi connectivity index (χ2v) is 3.09. The summed E-state index contributed by atoms with van der Waals surface area (Å²) >= 11 is -6.11. The van der Waals surface area contributed by atoms with Crippen molar-refractivity contribution in [1.82, 2.24) is 12.3 Å². The minimum atomic E-state index is -6.11. The van der Waals surface area contributed by atoms with Gasteiger partial charge >= 0.3 is 30.8 Å². The fourth-order valence-corrected chi connectivity index (χ4v) is 0. The molecular weight excluding hydrogens is 278 g/mol. The molecule has 7 heavy (non-hydrogen) atoms. The van der Waals surface area contributed by atoms with Crippen LogP contribution in [-0.2, 0) is 23.1 Å². The first-order chi connectivity index (χ1) is 2.00. The Hall–Kier alpha value is 0.102. The van der Waals surface area contributed by atoms with E-state index in [2.05, 4.69) is 0 Å². The fourth-order valence-electron chi connectivity index (χ4n) is 0. The van der Waals surface area contributed by atoms with Crippen molar-refractivity contribution in [1.29, 1.82) is 0 Å². The molecule has 0 bridgehead atoms. The van der Waals surface area contributed by atoms with Crippen LogP contribution >= 0.6 is 0 Å². The molecule has 49 valence electrons. The quantitative estimate of drug-likeness (QED) is 0.535. The Kier molecular flexibility index (Phi) is 9.58. The molecule has 7 heteroatoms. The van der Waals surface area contributed by atoms with Crippen LogP contribution in [0, 0.1) is 0 Å². The van der Waals surface area contributed by atoms with E-state index in [4.69, 9.17) is 14.6 Å². The SMILES string of the molecule is [NH4+].[NH4+].[O]=[Re](=[O])([O-])[O-]. The van der Waals surface area contributed by atoms with Crippen molar-refractivity contribution in [3.8, 4) is 0 Å². The van der Waals surface area contributed by atoms with Crippen LogP contribution in [0.4, 0.5) is 0 Å². The number of quaternary nitrogens is 2. The van der Waals surface area contributed by atoms with Crippen molar-refractivity contribution < 1.29 is 30.8 Å². The van der Waals surface area contributed by atoms with Gasteiger partial charge in [0.15, 0.2) is 0 Å². The van der Waals surface area contributed by atoms with Crippen molar-refractivity contribution in [3.05, 3.63) is 0 Å². The van der Waals surface area contributed by atoms with Gasteiger partial charge in [0.1, 0.15) is 0 Å². The molecule has 0 aliphatic rings. The monoisotopic (exact) mass is 287 g/mol. The van der Waals surface area contributed by atoms with Gasteiger partial charge < -0.3 is 12.3 Å². The summed E-state index contributed by atoms with van der Waals surface area (Å²) in [4.78, 5) is 0. The first-order valence-corrected chi connectivity index (χ1v) is 5.05. The van der Waals surface area contributed by atoms with Gasteiger partial charge in [-0.05, 0) is 0 Å². The summed E-state index contributed by atoms with van der Waals surface area (Å²) in [5.74, 6) is 0. The molecule has 0 spiro atoms. The first-order valence-electron chi connectivity index (χ1n) is 0.617. The summed E-state index contributed by atoms with van der Waals surface area (Å²) in [5, 5.41) is 0. The number of rotatable bonds is 0. The van der Waals surface area contributed by atoms with Crippen LogP contribution in [0.25, 0.3) is 0 Å². The summed E-state index contributed by atoms with van der Waals surface area (Å²) in [6, 6.07) is 0. The second kappa shape index (κ2) is 4.27. The molecule has 8 N–H and O–H groups in total. The van der Waals surface area contributed by atoms with Gasteiger partial charge in [-0.25, -0.2) is 0 Å². The third-order valence-corrected chi connectivity index (χ3v) is 0. The zero-order valence-electron chi connectivity index (χ0n) is 4.01. The van der Waals surface area contributed by atoms with Crippen LogP contribution in [0.5, 0.6) is 0 Å². The molecule has 0 aliphatic heterocycles. The van der Waals surface area contributed by atoms with E-state index in [1.54, 1.807) is 0 Å². The van der Waals surface area contributed by atoms with E-state index in [1.807, 2.05) is 0 Å². The third-order valence-electron chi connectivity index (χ3n) is 0. The molecule has 0 amide bonds. The van der Waals surface area contributed by atoms with E-state index < -0.39 is 16.2 Å². The van der Waals surface area contributed by atoms with E-state index in [-0.39, 0.29) is 12.3 Å². The van der Waals surface area contributed by atoms with Gasteiger partial charge in [0.05, 0.1) is 0 Å². The molecule has 0 fully saturated rings. The Morgan fingerprint density at radius 1 is 1.00 bits per heavy atom. The number of hydrogen-bond acceptors (Lipinski definition) is 4. The summed E-state index contributed by atoms with van der Waals surface area (Å²) in [5.41, 5.74) is 0. The molecule has 0 saturated heterocycles. The Balaban J connectivity index is -0.0000000800. The van der Waals surface area contributed by atoms with Gasteiger partial charge in [0, 0.05) is 0 Å². The molecule has 0 aliphatic carbocycles. The molecule has 0 rings (SSSR count). The molecular formula is H8N2O4Re. The van der Waals surface area contributed by atoms with Crippen molar-refractivity contribution in [2.45, 2.75) is 0 Å². The normalized spacial score (nSPS) is 8.29. The van der Waals surface area contributed by atoms with E-state index >= 15 is 0 Å². The van der Waals surface area contributed by atoms with Crippen molar-refractivity contribution in [2.75, 3.05) is 0 Å². The van der Waals surface area contributed by atoms with Crippen molar-refractivity contribution in [2.24, 2.45) is 0 Å². The topological polar surface area (TPSA) is 153 Å². The maximum atomic E-state index is 8.64. The average molecular weight is 286 g/mol. The van der Waals surface area contributed by atoms with E-state index in [0.29, 0.717) is 0 Å². The third kappa shape index (κ3) is 9810. The Labute approximate surface area is 43.8 Å². The van der Waals surface area contributed by atoms with Gasteiger partial charge in [-0.3, -0.25) is 0 Å². The Morgan fingerprint density at radius 2 is 1.00 bits per heavy atom. The van der Waals surface area contributed by atoms with Crippen LogP contribution < -0.4 is 20.0 Å². The summed E-state index contributed by atoms with van der Waals surface area (Å²) in [6.45, 7) is 0. The minimum absolute atomic E-state index is 0. The number of hydrogen-bond donors (Lipinski definition) is 2. The van der Waals surface area contributed by atoms with Crippen LogP contribution in [0.15, 0.2) is 0 Å². The molecule has 0 saturated carbocycles. The fraction of sp³-hybridized carbons (Fsp3) is 0.